The summed E-state index contributed by atoms with van der Waals surface area (Å²) < 4.78 is 25.5. The van der Waals surface area contributed by atoms with Crippen LogP contribution in [-0.2, 0) is 22.7 Å². The maximum atomic E-state index is 12.7. The molecule has 0 atom stereocenters. The fourth-order valence-corrected chi connectivity index (χ4v) is 4.45. The van der Waals surface area contributed by atoms with Gasteiger partial charge in [0.1, 0.15) is 0 Å². The van der Waals surface area contributed by atoms with E-state index in [1.807, 2.05) is 19.1 Å². The molecule has 0 N–H and O–H groups in total. The van der Waals surface area contributed by atoms with Gasteiger partial charge in [-0.3, -0.25) is 0 Å². The molecular formula is C16H16O2S. The highest BCUT2D eigenvalue weighted by atomic mass is 32.2. The van der Waals surface area contributed by atoms with Gasteiger partial charge in [0.2, 0.25) is 9.84 Å². The Kier molecular flexibility index (Phi) is 2.94. The fraction of sp³-hybridized carbons (Fsp3) is 0.250. The zero-order chi connectivity index (χ0) is 13.5. The molecule has 0 saturated carbocycles. The van der Waals surface area contributed by atoms with Crippen LogP contribution in [0.25, 0.3) is 0 Å². The Morgan fingerprint density at radius 1 is 1.00 bits per heavy atom. The number of hydrogen-bond donors (Lipinski definition) is 0. The predicted molar refractivity (Wildman–Crippen MR) is 75.1 cm³/mol. The van der Waals surface area contributed by atoms with Crippen LogP contribution < -0.4 is 0 Å². The Hall–Kier alpha value is -1.61. The van der Waals surface area contributed by atoms with Crippen LogP contribution in [0.3, 0.4) is 0 Å². The molecule has 0 bridgehead atoms. The van der Waals surface area contributed by atoms with Crippen molar-refractivity contribution in [2.24, 2.45) is 0 Å². The Bertz CT molecular complexity index is 716. The summed E-state index contributed by atoms with van der Waals surface area (Å²) in [6.07, 6.45) is 2.92. The van der Waals surface area contributed by atoms with Gasteiger partial charge in [0.25, 0.3) is 0 Å². The maximum absolute atomic E-state index is 12.7. The smallest absolute Gasteiger partial charge is 0.206 e. The molecule has 0 fully saturated rings. The largest absolute Gasteiger partial charge is 0.219 e. The molecule has 1 aliphatic rings. The van der Waals surface area contributed by atoms with Crippen molar-refractivity contribution in [2.45, 2.75) is 36.0 Å². The van der Waals surface area contributed by atoms with Gasteiger partial charge in [-0.05, 0) is 61.1 Å². The van der Waals surface area contributed by atoms with Crippen molar-refractivity contribution < 1.29 is 8.42 Å². The molecular weight excluding hydrogens is 256 g/mol. The summed E-state index contributed by atoms with van der Waals surface area (Å²) in [7, 11) is -3.39. The summed E-state index contributed by atoms with van der Waals surface area (Å²) in [4.78, 5) is 0.890. The maximum Gasteiger partial charge on any atom is 0.206 e. The van der Waals surface area contributed by atoms with Gasteiger partial charge in [-0.1, -0.05) is 24.3 Å². The highest BCUT2D eigenvalue weighted by Crippen LogP contribution is 2.32. The first kappa shape index (κ1) is 12.4. The Morgan fingerprint density at radius 3 is 2.47 bits per heavy atom. The summed E-state index contributed by atoms with van der Waals surface area (Å²) in [5.41, 5.74) is 3.25. The van der Waals surface area contributed by atoms with E-state index in [1.54, 1.807) is 24.3 Å². The quantitative estimate of drug-likeness (QED) is 0.840. The lowest BCUT2D eigenvalue weighted by Gasteiger charge is -2.11. The van der Waals surface area contributed by atoms with Gasteiger partial charge in [-0.25, -0.2) is 8.42 Å². The molecule has 1 aliphatic carbocycles. The second-order valence-electron chi connectivity index (χ2n) is 5.07. The normalized spacial score (nSPS) is 14.4. The summed E-state index contributed by atoms with van der Waals surface area (Å²) in [5.74, 6) is 0. The third-order valence-electron chi connectivity index (χ3n) is 3.66. The first-order chi connectivity index (χ1) is 9.09. The molecule has 3 rings (SSSR count). The molecule has 0 spiro atoms. The van der Waals surface area contributed by atoms with Gasteiger partial charge in [0.05, 0.1) is 9.79 Å². The van der Waals surface area contributed by atoms with Crippen LogP contribution in [0.1, 0.15) is 23.1 Å². The highest BCUT2D eigenvalue weighted by molar-refractivity contribution is 7.91. The van der Waals surface area contributed by atoms with E-state index >= 15 is 0 Å². The van der Waals surface area contributed by atoms with Crippen molar-refractivity contribution >= 4 is 9.84 Å². The molecule has 0 unspecified atom stereocenters. The molecule has 2 nitrogen and oxygen atoms in total. The van der Waals surface area contributed by atoms with Gasteiger partial charge in [0.15, 0.2) is 0 Å². The van der Waals surface area contributed by atoms with Crippen molar-refractivity contribution in [3.8, 4) is 0 Å². The second kappa shape index (κ2) is 4.49. The zero-order valence-electron chi connectivity index (χ0n) is 10.9. The van der Waals surface area contributed by atoms with Crippen molar-refractivity contribution in [1.29, 1.82) is 0 Å². The van der Waals surface area contributed by atoms with Crippen LogP contribution in [0.2, 0.25) is 0 Å². The van der Waals surface area contributed by atoms with E-state index in [1.165, 1.54) is 5.56 Å². The van der Waals surface area contributed by atoms with Gasteiger partial charge >= 0.3 is 0 Å². The minimum atomic E-state index is -3.39. The van der Waals surface area contributed by atoms with Gasteiger partial charge in [-0.15, -0.1) is 0 Å². The van der Waals surface area contributed by atoms with E-state index < -0.39 is 9.84 Å². The van der Waals surface area contributed by atoms with Crippen LogP contribution in [0.15, 0.2) is 52.3 Å². The van der Waals surface area contributed by atoms with Crippen molar-refractivity contribution in [3.05, 3.63) is 59.2 Å². The molecule has 0 aliphatic heterocycles. The van der Waals surface area contributed by atoms with E-state index in [4.69, 9.17) is 0 Å². The van der Waals surface area contributed by atoms with Crippen LogP contribution in [-0.4, -0.2) is 8.42 Å². The SMILES string of the molecule is Cc1cc2c(c(S(=O)(=O)c3ccccc3)c1)CCC2. The van der Waals surface area contributed by atoms with Crippen molar-refractivity contribution in [2.75, 3.05) is 0 Å². The number of benzene rings is 2. The predicted octanol–water partition coefficient (Wildman–Crippen LogP) is 3.32. The van der Waals surface area contributed by atoms with Crippen LogP contribution in [0, 0.1) is 6.92 Å². The molecule has 0 saturated heterocycles. The van der Waals surface area contributed by atoms with Crippen LogP contribution in [0.4, 0.5) is 0 Å². The van der Waals surface area contributed by atoms with Gasteiger partial charge in [0, 0.05) is 0 Å². The van der Waals surface area contributed by atoms with Crippen LogP contribution in [0.5, 0.6) is 0 Å². The minimum absolute atomic E-state index is 0.384. The summed E-state index contributed by atoms with van der Waals surface area (Å²) >= 11 is 0. The molecule has 19 heavy (non-hydrogen) atoms. The average Bonchev–Trinajstić information content (AvgIpc) is 2.86. The lowest BCUT2D eigenvalue weighted by Crippen LogP contribution is -2.06. The number of sulfone groups is 1. The van der Waals surface area contributed by atoms with Crippen molar-refractivity contribution in [3.63, 3.8) is 0 Å². The first-order valence-electron chi connectivity index (χ1n) is 6.51. The van der Waals surface area contributed by atoms with E-state index in [9.17, 15) is 8.42 Å². The number of rotatable bonds is 2. The zero-order valence-corrected chi connectivity index (χ0v) is 11.7. The monoisotopic (exact) mass is 272 g/mol. The first-order valence-corrected chi connectivity index (χ1v) is 8.00. The number of fused-ring (bicyclic) bond motifs is 1. The average molecular weight is 272 g/mol. The molecule has 2 aromatic rings. The highest BCUT2D eigenvalue weighted by Gasteiger charge is 2.25. The van der Waals surface area contributed by atoms with Gasteiger partial charge < -0.3 is 0 Å². The Labute approximate surface area is 114 Å². The minimum Gasteiger partial charge on any atom is -0.219 e. The molecule has 0 heterocycles. The third-order valence-corrected chi connectivity index (χ3v) is 5.50. The molecule has 2 aromatic carbocycles. The van der Waals surface area contributed by atoms with E-state index in [0.717, 1.165) is 30.4 Å². The molecule has 3 heteroatoms. The molecule has 0 radical (unpaired) electrons. The van der Waals surface area contributed by atoms with Crippen LogP contribution >= 0.6 is 0 Å². The standard InChI is InChI=1S/C16H16O2S/c1-12-10-13-6-5-9-15(13)16(11-12)19(17,18)14-7-3-2-4-8-14/h2-4,7-8,10-11H,5-6,9H2,1H3. The topological polar surface area (TPSA) is 34.1 Å². The molecule has 0 aromatic heterocycles. The van der Waals surface area contributed by atoms with E-state index in [-0.39, 0.29) is 0 Å². The molecule has 0 amide bonds. The number of hydrogen-bond acceptors (Lipinski definition) is 2. The summed E-state index contributed by atoms with van der Waals surface area (Å²) in [5, 5.41) is 0. The van der Waals surface area contributed by atoms with Gasteiger partial charge in [-0.2, -0.15) is 0 Å². The molecule has 98 valence electrons. The van der Waals surface area contributed by atoms with E-state index in [0.29, 0.717) is 9.79 Å². The summed E-state index contributed by atoms with van der Waals surface area (Å²) in [6, 6.07) is 12.6. The lowest BCUT2D eigenvalue weighted by atomic mass is 10.1. The summed E-state index contributed by atoms with van der Waals surface area (Å²) in [6.45, 7) is 1.96. The second-order valence-corrected chi connectivity index (χ2v) is 6.99. The third kappa shape index (κ3) is 2.08. The lowest BCUT2D eigenvalue weighted by molar-refractivity contribution is 0.595. The Balaban J connectivity index is 2.23. The van der Waals surface area contributed by atoms with Crippen molar-refractivity contribution in [1.82, 2.24) is 0 Å². The van der Waals surface area contributed by atoms with E-state index in [2.05, 4.69) is 6.07 Å². The number of aryl methyl sites for hydroxylation is 2. The fourth-order valence-electron chi connectivity index (χ4n) is 2.78. The Morgan fingerprint density at radius 2 is 1.74 bits per heavy atom.